The highest BCUT2D eigenvalue weighted by Gasteiger charge is 2.39. The molecule has 0 saturated heterocycles. The molecule has 1 amide bonds. The minimum atomic E-state index is -0.0619. The van der Waals surface area contributed by atoms with Crippen LogP contribution < -0.4 is 9.47 Å². The Balaban J connectivity index is 1.62. The van der Waals surface area contributed by atoms with Crippen molar-refractivity contribution in [3.05, 3.63) is 70.0 Å². The zero-order valence-electron chi connectivity index (χ0n) is 16.2. The number of amides is 1. The number of carbonyl (C=O) groups is 1. The lowest BCUT2D eigenvalue weighted by molar-refractivity contribution is 0.0629. The van der Waals surface area contributed by atoms with Crippen molar-refractivity contribution < 1.29 is 14.3 Å². The number of fused-ring (bicyclic) bond motifs is 4. The zero-order chi connectivity index (χ0) is 20.1. The third-order valence-electron chi connectivity index (χ3n) is 5.80. The van der Waals surface area contributed by atoms with E-state index in [1.807, 2.05) is 46.0 Å². The summed E-state index contributed by atoms with van der Waals surface area (Å²) in [4.78, 5) is 15.2. The van der Waals surface area contributed by atoms with E-state index >= 15 is 0 Å². The molecule has 2 aliphatic heterocycles. The van der Waals surface area contributed by atoms with E-state index in [-0.39, 0.29) is 11.9 Å². The molecule has 0 aliphatic carbocycles. The topological polar surface area (TPSA) is 56.6 Å². The van der Waals surface area contributed by atoms with E-state index in [1.165, 1.54) is 5.56 Å². The molecule has 0 spiro atoms. The first-order chi connectivity index (χ1) is 14.1. The van der Waals surface area contributed by atoms with E-state index < -0.39 is 0 Å². The van der Waals surface area contributed by atoms with Crippen molar-refractivity contribution >= 4 is 17.5 Å². The molecule has 3 heterocycles. The number of nitrogens with zero attached hydrogens (tertiary/aromatic N) is 3. The number of hydrogen-bond donors (Lipinski definition) is 0. The van der Waals surface area contributed by atoms with Gasteiger partial charge in [0.05, 0.1) is 43.4 Å². The molecule has 0 radical (unpaired) electrons. The largest absolute Gasteiger partial charge is 0.493 e. The SMILES string of the molecule is COc1cc2c(cc1OC)[C@@H]1Cc3c(cnn3-c3cccc(Cl)c3)C(=O)N1CC2. The average molecular weight is 410 g/mol. The van der Waals surface area contributed by atoms with Crippen molar-refractivity contribution in [1.82, 2.24) is 14.7 Å². The number of ether oxygens (including phenoxy) is 2. The van der Waals surface area contributed by atoms with Crippen LogP contribution in [0.4, 0.5) is 0 Å². The van der Waals surface area contributed by atoms with Crippen molar-refractivity contribution in [3.63, 3.8) is 0 Å². The molecule has 1 aromatic heterocycles. The quantitative estimate of drug-likeness (QED) is 0.659. The Morgan fingerprint density at radius 1 is 1.14 bits per heavy atom. The summed E-state index contributed by atoms with van der Waals surface area (Å²) in [5.74, 6) is 1.41. The molecular formula is C22H20ClN3O3. The summed E-state index contributed by atoms with van der Waals surface area (Å²) in [5.41, 5.74) is 4.70. The molecule has 5 rings (SSSR count). The Labute approximate surface area is 173 Å². The molecule has 6 nitrogen and oxygen atoms in total. The highest BCUT2D eigenvalue weighted by Crippen LogP contribution is 2.42. The van der Waals surface area contributed by atoms with Crippen LogP contribution in [0.15, 0.2) is 42.6 Å². The molecule has 0 N–H and O–H groups in total. The lowest BCUT2D eigenvalue weighted by atomic mass is 9.85. The Morgan fingerprint density at radius 2 is 1.93 bits per heavy atom. The summed E-state index contributed by atoms with van der Waals surface area (Å²) in [7, 11) is 3.27. The summed E-state index contributed by atoms with van der Waals surface area (Å²) in [5, 5.41) is 5.13. The first kappa shape index (κ1) is 18.1. The molecule has 2 aliphatic rings. The van der Waals surface area contributed by atoms with E-state index in [4.69, 9.17) is 21.1 Å². The molecule has 0 fully saturated rings. The smallest absolute Gasteiger partial charge is 0.257 e. The molecule has 0 saturated carbocycles. The van der Waals surface area contributed by atoms with Crippen LogP contribution in [-0.4, -0.2) is 41.4 Å². The third-order valence-corrected chi connectivity index (χ3v) is 6.04. The van der Waals surface area contributed by atoms with Gasteiger partial charge in [-0.1, -0.05) is 17.7 Å². The summed E-state index contributed by atoms with van der Waals surface area (Å²) in [6.07, 6.45) is 3.13. The Morgan fingerprint density at radius 3 is 2.69 bits per heavy atom. The van der Waals surface area contributed by atoms with Crippen LogP contribution in [0.3, 0.4) is 0 Å². The van der Waals surface area contributed by atoms with Crippen molar-refractivity contribution in [3.8, 4) is 17.2 Å². The van der Waals surface area contributed by atoms with Gasteiger partial charge in [0.15, 0.2) is 11.5 Å². The van der Waals surface area contributed by atoms with Crippen LogP contribution in [0.5, 0.6) is 11.5 Å². The molecule has 2 aromatic carbocycles. The molecular weight excluding hydrogens is 390 g/mol. The second-order valence-corrected chi connectivity index (χ2v) is 7.71. The van der Waals surface area contributed by atoms with Gasteiger partial charge in [-0.3, -0.25) is 4.79 Å². The van der Waals surface area contributed by atoms with Crippen LogP contribution in [0.2, 0.25) is 5.02 Å². The lowest BCUT2D eigenvalue weighted by Crippen LogP contribution is -2.44. The van der Waals surface area contributed by atoms with Crippen LogP contribution in [0.25, 0.3) is 5.69 Å². The fourth-order valence-corrected chi connectivity index (χ4v) is 4.59. The van der Waals surface area contributed by atoms with Crippen molar-refractivity contribution in [1.29, 1.82) is 0 Å². The minimum Gasteiger partial charge on any atom is -0.493 e. The highest BCUT2D eigenvalue weighted by atomic mass is 35.5. The Hall–Kier alpha value is -2.99. The van der Waals surface area contributed by atoms with Gasteiger partial charge in [0, 0.05) is 18.0 Å². The molecule has 0 unspecified atom stereocenters. The molecule has 7 heteroatoms. The number of halogens is 1. The summed E-state index contributed by atoms with van der Waals surface area (Å²) >= 11 is 6.17. The standard InChI is InChI=1S/C22H20ClN3O3/c1-28-20-8-13-6-7-25-18(16(13)10-21(20)29-2)11-19-17(22(25)27)12-24-26(19)15-5-3-4-14(23)9-15/h3-5,8-10,12,18H,6-7,11H2,1-2H3/t18-/m0/s1. The average Bonchev–Trinajstić information content (AvgIpc) is 3.17. The van der Waals surface area contributed by atoms with Gasteiger partial charge in [-0.15, -0.1) is 0 Å². The summed E-state index contributed by atoms with van der Waals surface area (Å²) < 4.78 is 12.8. The van der Waals surface area contributed by atoms with E-state index in [1.54, 1.807) is 20.4 Å². The van der Waals surface area contributed by atoms with Gasteiger partial charge in [-0.2, -0.15) is 5.10 Å². The van der Waals surface area contributed by atoms with Crippen molar-refractivity contribution in [2.24, 2.45) is 0 Å². The second-order valence-electron chi connectivity index (χ2n) is 7.27. The molecule has 29 heavy (non-hydrogen) atoms. The number of rotatable bonds is 3. The van der Waals surface area contributed by atoms with Crippen LogP contribution in [-0.2, 0) is 12.8 Å². The molecule has 1 atom stereocenters. The highest BCUT2D eigenvalue weighted by molar-refractivity contribution is 6.30. The molecule has 3 aromatic rings. The number of carbonyl (C=O) groups excluding carboxylic acids is 1. The van der Waals surface area contributed by atoms with Gasteiger partial charge in [0.25, 0.3) is 5.91 Å². The van der Waals surface area contributed by atoms with Gasteiger partial charge in [0.2, 0.25) is 0 Å². The molecule has 0 bridgehead atoms. The first-order valence-electron chi connectivity index (χ1n) is 9.49. The fraction of sp³-hybridized carbons (Fsp3) is 0.273. The summed E-state index contributed by atoms with van der Waals surface area (Å²) in [6, 6.07) is 11.5. The fourth-order valence-electron chi connectivity index (χ4n) is 4.41. The van der Waals surface area contributed by atoms with Gasteiger partial charge in [-0.25, -0.2) is 4.68 Å². The van der Waals surface area contributed by atoms with Gasteiger partial charge in [0.1, 0.15) is 0 Å². The monoisotopic (exact) mass is 409 g/mol. The van der Waals surface area contributed by atoms with E-state index in [2.05, 4.69) is 5.10 Å². The predicted octanol–water partition coefficient (Wildman–Crippen LogP) is 3.84. The maximum atomic E-state index is 13.2. The number of benzene rings is 2. The lowest BCUT2D eigenvalue weighted by Gasteiger charge is -2.40. The minimum absolute atomic E-state index is 0.0185. The van der Waals surface area contributed by atoms with Crippen molar-refractivity contribution in [2.45, 2.75) is 18.9 Å². The van der Waals surface area contributed by atoms with Gasteiger partial charge >= 0.3 is 0 Å². The van der Waals surface area contributed by atoms with Crippen LogP contribution >= 0.6 is 11.6 Å². The number of hydrogen-bond acceptors (Lipinski definition) is 4. The van der Waals surface area contributed by atoms with Gasteiger partial charge in [-0.05, 0) is 47.9 Å². The normalized spacial score (nSPS) is 17.4. The van der Waals surface area contributed by atoms with E-state index in [0.29, 0.717) is 35.1 Å². The Kier molecular flexibility index (Phi) is 4.24. The van der Waals surface area contributed by atoms with Gasteiger partial charge < -0.3 is 14.4 Å². The first-order valence-corrected chi connectivity index (χ1v) is 9.87. The zero-order valence-corrected chi connectivity index (χ0v) is 16.9. The number of aromatic nitrogens is 2. The molecule has 148 valence electrons. The second kappa shape index (κ2) is 6.81. The number of methoxy groups -OCH3 is 2. The van der Waals surface area contributed by atoms with Crippen LogP contribution in [0.1, 0.15) is 33.2 Å². The maximum Gasteiger partial charge on any atom is 0.257 e. The van der Waals surface area contributed by atoms with E-state index in [0.717, 1.165) is 23.4 Å². The van der Waals surface area contributed by atoms with E-state index in [9.17, 15) is 4.79 Å². The van der Waals surface area contributed by atoms with Crippen LogP contribution in [0, 0.1) is 0 Å². The predicted molar refractivity (Wildman–Crippen MR) is 109 cm³/mol. The van der Waals surface area contributed by atoms with Crippen molar-refractivity contribution in [2.75, 3.05) is 20.8 Å². The summed E-state index contributed by atoms with van der Waals surface area (Å²) in [6.45, 7) is 0.674. The maximum absolute atomic E-state index is 13.2. The Bertz CT molecular complexity index is 1120. The third kappa shape index (κ3) is 2.78.